The number of aliphatic imine (C=N–C) groups is 1. The van der Waals surface area contributed by atoms with Crippen molar-refractivity contribution < 1.29 is 14.2 Å². The minimum absolute atomic E-state index is 0.115. The summed E-state index contributed by atoms with van der Waals surface area (Å²) in [6.45, 7) is 5.06. The van der Waals surface area contributed by atoms with Crippen molar-refractivity contribution in [2.75, 3.05) is 45.8 Å². The van der Waals surface area contributed by atoms with Gasteiger partial charge in [-0.2, -0.15) is 0 Å². The van der Waals surface area contributed by atoms with Crippen molar-refractivity contribution in [2.45, 2.75) is 32.3 Å². The van der Waals surface area contributed by atoms with Gasteiger partial charge in [-0.1, -0.05) is 35.9 Å². The highest BCUT2D eigenvalue weighted by Crippen LogP contribution is 2.33. The van der Waals surface area contributed by atoms with E-state index in [0.717, 1.165) is 49.8 Å². The lowest BCUT2D eigenvalue weighted by atomic mass is 9.89. The Morgan fingerprint density at radius 2 is 2.00 bits per heavy atom. The van der Waals surface area contributed by atoms with E-state index in [-0.39, 0.29) is 6.10 Å². The van der Waals surface area contributed by atoms with Crippen LogP contribution in [-0.2, 0) is 9.47 Å². The molecule has 2 aromatic rings. The number of nitrogens with zero attached hydrogens (tertiary/aromatic N) is 1. The number of benzene rings is 2. The monoisotopic (exact) mass is 425 g/mol. The van der Waals surface area contributed by atoms with E-state index in [0.29, 0.717) is 19.1 Å². The molecular formula is C25H35N3O3. The third-order valence-corrected chi connectivity index (χ3v) is 5.46. The van der Waals surface area contributed by atoms with E-state index in [1.165, 1.54) is 11.1 Å². The van der Waals surface area contributed by atoms with E-state index in [2.05, 4.69) is 46.8 Å². The Balaban J connectivity index is 1.55. The summed E-state index contributed by atoms with van der Waals surface area (Å²) < 4.78 is 17.0. The molecule has 0 aliphatic carbocycles. The number of anilines is 1. The highest BCUT2D eigenvalue weighted by Gasteiger charge is 2.27. The van der Waals surface area contributed by atoms with Crippen LogP contribution in [0.2, 0.25) is 0 Å². The van der Waals surface area contributed by atoms with Gasteiger partial charge in [0.2, 0.25) is 0 Å². The SMILES string of the molecule is CN=C(NCC1CCCOC1c1ccc(C)cc1)Nc1cccc(OCCCOC)c1. The molecule has 2 aromatic carbocycles. The number of guanidine groups is 1. The van der Waals surface area contributed by atoms with Gasteiger partial charge < -0.3 is 24.8 Å². The molecule has 0 aromatic heterocycles. The largest absolute Gasteiger partial charge is 0.493 e. The number of rotatable bonds is 9. The number of ether oxygens (including phenoxy) is 3. The third-order valence-electron chi connectivity index (χ3n) is 5.46. The van der Waals surface area contributed by atoms with Gasteiger partial charge in [0.1, 0.15) is 5.75 Å². The third kappa shape index (κ3) is 7.26. The first-order chi connectivity index (χ1) is 15.2. The summed E-state index contributed by atoms with van der Waals surface area (Å²) in [4.78, 5) is 4.39. The maximum Gasteiger partial charge on any atom is 0.195 e. The van der Waals surface area contributed by atoms with Gasteiger partial charge in [-0.3, -0.25) is 4.99 Å². The molecule has 1 aliphatic rings. The van der Waals surface area contributed by atoms with Gasteiger partial charge in [-0.05, 0) is 37.5 Å². The van der Waals surface area contributed by atoms with E-state index in [4.69, 9.17) is 14.2 Å². The predicted molar refractivity (Wildman–Crippen MR) is 126 cm³/mol. The van der Waals surface area contributed by atoms with Crippen LogP contribution in [-0.4, -0.2) is 46.5 Å². The Morgan fingerprint density at radius 3 is 2.77 bits per heavy atom. The fourth-order valence-electron chi connectivity index (χ4n) is 3.78. The molecule has 2 N–H and O–H groups in total. The maximum absolute atomic E-state index is 6.15. The van der Waals surface area contributed by atoms with Crippen molar-refractivity contribution in [3.05, 3.63) is 59.7 Å². The molecule has 0 amide bonds. The van der Waals surface area contributed by atoms with Crippen molar-refractivity contribution in [1.82, 2.24) is 5.32 Å². The summed E-state index contributed by atoms with van der Waals surface area (Å²) in [5, 5.41) is 6.85. The number of hydrogen-bond donors (Lipinski definition) is 2. The van der Waals surface area contributed by atoms with Crippen LogP contribution in [0.4, 0.5) is 5.69 Å². The number of methoxy groups -OCH3 is 1. The Labute approximate surface area is 186 Å². The van der Waals surface area contributed by atoms with Crippen LogP contribution in [0.5, 0.6) is 5.75 Å². The van der Waals surface area contributed by atoms with E-state index >= 15 is 0 Å². The topological polar surface area (TPSA) is 64.1 Å². The van der Waals surface area contributed by atoms with Gasteiger partial charge in [0.05, 0.1) is 12.7 Å². The number of nitrogens with one attached hydrogen (secondary N) is 2. The van der Waals surface area contributed by atoms with Gasteiger partial charge in [-0.15, -0.1) is 0 Å². The van der Waals surface area contributed by atoms with Gasteiger partial charge in [0.15, 0.2) is 5.96 Å². The fraction of sp³-hybridized carbons (Fsp3) is 0.480. The van der Waals surface area contributed by atoms with E-state index in [9.17, 15) is 0 Å². The summed E-state index contributed by atoms with van der Waals surface area (Å²) in [6.07, 6.45) is 3.20. The highest BCUT2D eigenvalue weighted by molar-refractivity contribution is 5.93. The second-order valence-electron chi connectivity index (χ2n) is 7.91. The van der Waals surface area contributed by atoms with Gasteiger partial charge in [0.25, 0.3) is 0 Å². The zero-order valence-corrected chi connectivity index (χ0v) is 18.9. The van der Waals surface area contributed by atoms with Gasteiger partial charge in [-0.25, -0.2) is 0 Å². The second kappa shape index (κ2) is 12.3. The lowest BCUT2D eigenvalue weighted by molar-refractivity contribution is -0.0264. The standard InChI is InChI=1S/C25H35N3O3/c1-19-10-12-20(13-11-19)24-21(7-5-15-31-24)18-27-25(26-2)28-22-8-4-9-23(17-22)30-16-6-14-29-3/h4,8-13,17,21,24H,5-7,14-16,18H2,1-3H3,(H2,26,27,28). The lowest BCUT2D eigenvalue weighted by Crippen LogP contribution is -2.38. The zero-order chi connectivity index (χ0) is 21.9. The summed E-state index contributed by atoms with van der Waals surface area (Å²) >= 11 is 0. The van der Waals surface area contributed by atoms with E-state index in [1.54, 1.807) is 14.2 Å². The van der Waals surface area contributed by atoms with Gasteiger partial charge in [0, 0.05) is 58.0 Å². The van der Waals surface area contributed by atoms with Crippen molar-refractivity contribution in [1.29, 1.82) is 0 Å². The molecule has 1 heterocycles. The molecule has 2 atom stereocenters. The molecule has 168 valence electrons. The lowest BCUT2D eigenvalue weighted by Gasteiger charge is -2.32. The quantitative estimate of drug-likeness (QED) is 0.350. The fourth-order valence-corrected chi connectivity index (χ4v) is 3.78. The Bertz CT molecular complexity index is 823. The van der Waals surface area contributed by atoms with Crippen molar-refractivity contribution in [3.63, 3.8) is 0 Å². The second-order valence-corrected chi connectivity index (χ2v) is 7.91. The van der Waals surface area contributed by atoms with Crippen LogP contribution >= 0.6 is 0 Å². The molecule has 0 radical (unpaired) electrons. The van der Waals surface area contributed by atoms with Crippen LogP contribution in [0.3, 0.4) is 0 Å². The molecular weight excluding hydrogens is 390 g/mol. The molecule has 0 bridgehead atoms. The molecule has 2 unspecified atom stereocenters. The molecule has 6 heteroatoms. The van der Waals surface area contributed by atoms with Crippen molar-refractivity contribution in [2.24, 2.45) is 10.9 Å². The first-order valence-electron chi connectivity index (χ1n) is 11.1. The number of hydrogen-bond acceptors (Lipinski definition) is 4. The van der Waals surface area contributed by atoms with Crippen molar-refractivity contribution in [3.8, 4) is 5.75 Å². The molecule has 31 heavy (non-hydrogen) atoms. The predicted octanol–water partition coefficient (Wildman–Crippen LogP) is 4.57. The Kier molecular flexibility index (Phi) is 9.18. The minimum Gasteiger partial charge on any atom is -0.493 e. The first kappa shape index (κ1) is 23.1. The van der Waals surface area contributed by atoms with Crippen molar-refractivity contribution >= 4 is 11.6 Å². The molecule has 1 aliphatic heterocycles. The molecule has 6 nitrogen and oxygen atoms in total. The van der Waals surface area contributed by atoms with Crippen LogP contribution in [0.25, 0.3) is 0 Å². The summed E-state index contributed by atoms with van der Waals surface area (Å²) in [6, 6.07) is 16.6. The van der Waals surface area contributed by atoms with E-state index < -0.39 is 0 Å². The number of aryl methyl sites for hydroxylation is 1. The Hall–Kier alpha value is -2.57. The summed E-state index contributed by atoms with van der Waals surface area (Å²) in [5.41, 5.74) is 3.45. The van der Waals surface area contributed by atoms with Crippen LogP contribution in [0.1, 0.15) is 36.5 Å². The highest BCUT2D eigenvalue weighted by atomic mass is 16.5. The molecule has 3 rings (SSSR count). The smallest absolute Gasteiger partial charge is 0.195 e. The first-order valence-corrected chi connectivity index (χ1v) is 11.1. The molecule has 0 saturated carbocycles. The average Bonchev–Trinajstić information content (AvgIpc) is 2.80. The minimum atomic E-state index is 0.115. The average molecular weight is 426 g/mol. The van der Waals surface area contributed by atoms with Gasteiger partial charge >= 0.3 is 0 Å². The molecule has 1 fully saturated rings. The normalized spacial score (nSPS) is 19.1. The zero-order valence-electron chi connectivity index (χ0n) is 18.9. The Morgan fingerprint density at radius 1 is 1.16 bits per heavy atom. The summed E-state index contributed by atoms with van der Waals surface area (Å²) in [7, 11) is 3.49. The maximum atomic E-state index is 6.15. The molecule has 1 saturated heterocycles. The molecule has 0 spiro atoms. The van der Waals surface area contributed by atoms with E-state index in [1.807, 2.05) is 24.3 Å². The van der Waals surface area contributed by atoms with Crippen LogP contribution < -0.4 is 15.4 Å². The summed E-state index contributed by atoms with van der Waals surface area (Å²) in [5.74, 6) is 1.96. The van der Waals surface area contributed by atoms with Crippen LogP contribution in [0, 0.1) is 12.8 Å². The van der Waals surface area contributed by atoms with Crippen LogP contribution in [0.15, 0.2) is 53.5 Å².